The van der Waals surface area contributed by atoms with E-state index in [4.69, 9.17) is 10.5 Å². The lowest BCUT2D eigenvalue weighted by Crippen LogP contribution is -2.42. The molecule has 2 aliphatic rings. The van der Waals surface area contributed by atoms with Gasteiger partial charge < -0.3 is 10.5 Å². The molecule has 1 saturated heterocycles. The quantitative estimate of drug-likeness (QED) is 0.802. The summed E-state index contributed by atoms with van der Waals surface area (Å²) in [6.07, 6.45) is 3.09. The number of imide groups is 1. The van der Waals surface area contributed by atoms with Crippen molar-refractivity contribution >= 4 is 11.8 Å². The Bertz CT molecular complexity index is 538. The Morgan fingerprint density at radius 3 is 2.71 bits per heavy atom. The molecule has 0 aromatic heterocycles. The van der Waals surface area contributed by atoms with Gasteiger partial charge in [0, 0.05) is 24.1 Å². The van der Waals surface area contributed by atoms with Crippen LogP contribution in [0.15, 0.2) is 30.3 Å². The van der Waals surface area contributed by atoms with Crippen LogP contribution in [-0.2, 0) is 9.53 Å². The third-order valence-corrected chi connectivity index (χ3v) is 4.58. The first-order valence-corrected chi connectivity index (χ1v) is 7.40. The van der Waals surface area contributed by atoms with Crippen molar-refractivity contribution in [1.82, 2.24) is 5.32 Å². The highest BCUT2D eigenvalue weighted by molar-refractivity contribution is 6.05. The SMILES string of the molecule is NC1CC(C(=O)NC(=O)c2ccccc2)CC12CCCO2. The molecule has 21 heavy (non-hydrogen) atoms. The van der Waals surface area contributed by atoms with Crippen molar-refractivity contribution in [3.8, 4) is 0 Å². The number of amides is 2. The van der Waals surface area contributed by atoms with Gasteiger partial charge in [-0.3, -0.25) is 14.9 Å². The number of hydrogen-bond donors (Lipinski definition) is 2. The van der Waals surface area contributed by atoms with E-state index >= 15 is 0 Å². The van der Waals surface area contributed by atoms with Gasteiger partial charge in [0.25, 0.3) is 5.91 Å². The minimum absolute atomic E-state index is 0.123. The van der Waals surface area contributed by atoms with Crippen LogP contribution in [0.25, 0.3) is 0 Å². The largest absolute Gasteiger partial charge is 0.373 e. The predicted octanol–water partition coefficient (Wildman–Crippen LogP) is 1.23. The minimum atomic E-state index is -0.359. The zero-order valence-corrected chi connectivity index (χ0v) is 11.9. The molecular weight excluding hydrogens is 268 g/mol. The molecule has 3 unspecified atom stereocenters. The summed E-state index contributed by atoms with van der Waals surface area (Å²) in [7, 11) is 0. The molecule has 1 aromatic carbocycles. The van der Waals surface area contributed by atoms with Crippen molar-refractivity contribution < 1.29 is 14.3 Å². The number of ether oxygens (including phenoxy) is 1. The molecule has 1 aliphatic heterocycles. The van der Waals surface area contributed by atoms with Crippen LogP contribution in [0.2, 0.25) is 0 Å². The molecule has 5 heteroatoms. The number of nitrogens with one attached hydrogen (secondary N) is 1. The maximum Gasteiger partial charge on any atom is 0.257 e. The molecule has 1 saturated carbocycles. The van der Waals surface area contributed by atoms with Crippen molar-refractivity contribution in [3.63, 3.8) is 0 Å². The minimum Gasteiger partial charge on any atom is -0.373 e. The van der Waals surface area contributed by atoms with Crippen molar-refractivity contribution in [2.24, 2.45) is 11.7 Å². The summed E-state index contributed by atoms with van der Waals surface area (Å²) in [5.74, 6) is -0.847. The molecule has 0 bridgehead atoms. The van der Waals surface area contributed by atoms with Gasteiger partial charge in [0.15, 0.2) is 0 Å². The van der Waals surface area contributed by atoms with Gasteiger partial charge >= 0.3 is 0 Å². The Balaban J connectivity index is 1.63. The Kier molecular flexibility index (Phi) is 3.78. The van der Waals surface area contributed by atoms with Gasteiger partial charge in [-0.15, -0.1) is 0 Å². The van der Waals surface area contributed by atoms with Crippen LogP contribution in [-0.4, -0.2) is 30.1 Å². The molecule has 3 rings (SSSR count). The number of benzene rings is 1. The second kappa shape index (κ2) is 5.58. The molecule has 3 N–H and O–H groups in total. The van der Waals surface area contributed by atoms with E-state index in [0.717, 1.165) is 12.8 Å². The lowest BCUT2D eigenvalue weighted by Gasteiger charge is -2.27. The second-order valence-corrected chi connectivity index (χ2v) is 5.94. The van der Waals surface area contributed by atoms with Gasteiger partial charge in [0.05, 0.1) is 5.60 Å². The van der Waals surface area contributed by atoms with Crippen LogP contribution in [0.5, 0.6) is 0 Å². The van der Waals surface area contributed by atoms with E-state index in [2.05, 4.69) is 5.32 Å². The summed E-state index contributed by atoms with van der Waals surface area (Å²) in [5, 5.41) is 2.48. The summed E-state index contributed by atoms with van der Waals surface area (Å²) < 4.78 is 5.79. The normalized spacial score (nSPS) is 31.5. The van der Waals surface area contributed by atoms with Gasteiger partial charge in [-0.2, -0.15) is 0 Å². The van der Waals surface area contributed by atoms with Gasteiger partial charge in [0.1, 0.15) is 0 Å². The molecule has 2 fully saturated rings. The highest BCUT2D eigenvalue weighted by atomic mass is 16.5. The first-order chi connectivity index (χ1) is 10.1. The maximum atomic E-state index is 12.3. The molecule has 112 valence electrons. The molecule has 1 heterocycles. The summed E-state index contributed by atoms with van der Waals surface area (Å²) in [4.78, 5) is 24.3. The first kappa shape index (κ1) is 14.2. The molecule has 0 radical (unpaired) electrons. The van der Waals surface area contributed by atoms with E-state index in [1.54, 1.807) is 24.3 Å². The first-order valence-electron chi connectivity index (χ1n) is 7.40. The number of carbonyl (C=O) groups is 2. The summed E-state index contributed by atoms with van der Waals surface area (Å²) in [6.45, 7) is 0.713. The molecule has 1 aromatic rings. The number of nitrogens with two attached hydrogens (primary N) is 1. The highest BCUT2D eigenvalue weighted by Crippen LogP contribution is 2.43. The predicted molar refractivity (Wildman–Crippen MR) is 77.5 cm³/mol. The lowest BCUT2D eigenvalue weighted by molar-refractivity contribution is -0.124. The Morgan fingerprint density at radius 2 is 2.05 bits per heavy atom. The van der Waals surface area contributed by atoms with Crippen LogP contribution < -0.4 is 11.1 Å². The summed E-state index contributed by atoms with van der Waals surface area (Å²) in [5.41, 5.74) is 6.29. The average Bonchev–Trinajstić information content (AvgIpc) is 3.09. The fourth-order valence-electron chi connectivity index (χ4n) is 3.42. The maximum absolute atomic E-state index is 12.3. The monoisotopic (exact) mass is 288 g/mol. The van der Waals surface area contributed by atoms with E-state index in [1.165, 1.54) is 0 Å². The van der Waals surface area contributed by atoms with Gasteiger partial charge in [0.2, 0.25) is 5.91 Å². The number of hydrogen-bond acceptors (Lipinski definition) is 4. The molecule has 3 atom stereocenters. The molecule has 1 spiro atoms. The van der Waals surface area contributed by atoms with Crippen LogP contribution in [0, 0.1) is 5.92 Å². The standard InChI is InChI=1S/C16H20N2O3/c17-13-9-12(10-16(13)7-4-8-21-16)15(20)18-14(19)11-5-2-1-3-6-11/h1-3,5-6,12-13H,4,7-10,17H2,(H,18,19,20). The Morgan fingerprint density at radius 1 is 1.29 bits per heavy atom. The van der Waals surface area contributed by atoms with E-state index in [0.29, 0.717) is 25.0 Å². The smallest absolute Gasteiger partial charge is 0.257 e. The van der Waals surface area contributed by atoms with Crippen LogP contribution in [0.4, 0.5) is 0 Å². The average molecular weight is 288 g/mol. The van der Waals surface area contributed by atoms with Crippen LogP contribution in [0.1, 0.15) is 36.0 Å². The van der Waals surface area contributed by atoms with Gasteiger partial charge in [-0.25, -0.2) is 0 Å². The molecule has 2 amide bonds. The fraction of sp³-hybridized carbons (Fsp3) is 0.500. The van der Waals surface area contributed by atoms with Crippen molar-refractivity contribution in [1.29, 1.82) is 0 Å². The van der Waals surface area contributed by atoms with E-state index in [9.17, 15) is 9.59 Å². The number of carbonyl (C=O) groups excluding carboxylic acids is 2. The van der Waals surface area contributed by atoms with E-state index in [1.807, 2.05) is 6.07 Å². The molecular formula is C16H20N2O3. The Labute approximate surface area is 123 Å². The third-order valence-electron chi connectivity index (χ3n) is 4.58. The fourth-order valence-corrected chi connectivity index (χ4v) is 3.42. The van der Waals surface area contributed by atoms with Gasteiger partial charge in [-0.05, 0) is 37.8 Å². The topological polar surface area (TPSA) is 81.4 Å². The molecule has 5 nitrogen and oxygen atoms in total. The van der Waals surface area contributed by atoms with Crippen molar-refractivity contribution in [2.45, 2.75) is 37.3 Å². The zero-order valence-electron chi connectivity index (χ0n) is 11.9. The van der Waals surface area contributed by atoms with Crippen LogP contribution in [0.3, 0.4) is 0 Å². The van der Waals surface area contributed by atoms with E-state index in [-0.39, 0.29) is 29.4 Å². The van der Waals surface area contributed by atoms with Crippen molar-refractivity contribution in [3.05, 3.63) is 35.9 Å². The third kappa shape index (κ3) is 2.71. The number of rotatable bonds is 2. The van der Waals surface area contributed by atoms with E-state index < -0.39 is 0 Å². The Hall–Kier alpha value is -1.72. The summed E-state index contributed by atoms with van der Waals surface area (Å²) >= 11 is 0. The highest BCUT2D eigenvalue weighted by Gasteiger charge is 2.50. The van der Waals surface area contributed by atoms with Gasteiger partial charge in [-0.1, -0.05) is 18.2 Å². The lowest BCUT2D eigenvalue weighted by atomic mass is 9.94. The van der Waals surface area contributed by atoms with Crippen LogP contribution >= 0.6 is 0 Å². The molecule has 1 aliphatic carbocycles. The second-order valence-electron chi connectivity index (χ2n) is 5.94. The zero-order chi connectivity index (χ0) is 14.9. The summed E-state index contributed by atoms with van der Waals surface area (Å²) in [6, 6.07) is 8.62. The van der Waals surface area contributed by atoms with Crippen molar-refractivity contribution in [2.75, 3.05) is 6.61 Å².